The molecule has 2 aromatic rings. The van der Waals surface area contributed by atoms with Crippen LogP contribution >= 0.6 is 11.8 Å². The molecule has 1 aromatic heterocycles. The van der Waals surface area contributed by atoms with Crippen LogP contribution in [-0.4, -0.2) is 21.4 Å². The zero-order valence-electron chi connectivity index (χ0n) is 11.4. The van der Waals surface area contributed by atoms with Crippen molar-refractivity contribution in [3.63, 3.8) is 0 Å². The lowest BCUT2D eigenvalue weighted by Gasteiger charge is -2.09. The average Bonchev–Trinajstić information content (AvgIpc) is 3.22. The molecule has 3 rings (SSSR count). The molecule has 7 heteroatoms. The third-order valence-electron chi connectivity index (χ3n) is 3.11. The number of hydrogen-bond acceptors (Lipinski definition) is 5. The van der Waals surface area contributed by atoms with Gasteiger partial charge in [0.25, 0.3) is 5.22 Å². The predicted octanol–water partition coefficient (Wildman–Crippen LogP) is 3.21. The first-order valence-corrected chi connectivity index (χ1v) is 7.56. The molecule has 1 aliphatic rings. The van der Waals surface area contributed by atoms with E-state index in [0.717, 1.165) is 12.8 Å². The molecule has 1 fully saturated rings. The van der Waals surface area contributed by atoms with Gasteiger partial charge in [-0.05, 0) is 44.0 Å². The number of nitrogens with zero attached hydrogens (tertiary/aromatic N) is 2. The maximum absolute atomic E-state index is 12.8. The normalized spacial score (nSPS) is 15.7. The lowest BCUT2D eigenvalue weighted by atomic mass is 10.3. The Kier molecular flexibility index (Phi) is 3.92. The maximum Gasteiger partial charge on any atom is 0.277 e. The lowest BCUT2D eigenvalue weighted by Crippen LogP contribution is -2.22. The van der Waals surface area contributed by atoms with Crippen LogP contribution in [0.25, 0.3) is 0 Å². The number of hydrogen-bond donors (Lipinski definition) is 1. The molecule has 21 heavy (non-hydrogen) atoms. The predicted molar refractivity (Wildman–Crippen MR) is 76.6 cm³/mol. The number of anilines is 1. The molecule has 5 nitrogen and oxygen atoms in total. The van der Waals surface area contributed by atoms with E-state index in [4.69, 9.17) is 4.42 Å². The van der Waals surface area contributed by atoms with Crippen LogP contribution in [0.15, 0.2) is 33.9 Å². The van der Waals surface area contributed by atoms with Crippen molar-refractivity contribution in [1.29, 1.82) is 0 Å². The molecule has 0 aliphatic heterocycles. The van der Waals surface area contributed by atoms with Gasteiger partial charge in [0.05, 0.1) is 5.25 Å². The van der Waals surface area contributed by atoms with Crippen molar-refractivity contribution >= 4 is 23.4 Å². The quantitative estimate of drug-likeness (QED) is 0.859. The summed E-state index contributed by atoms with van der Waals surface area (Å²) in [5, 5.41) is 10.6. The van der Waals surface area contributed by atoms with Crippen LogP contribution in [0.4, 0.5) is 10.1 Å². The molecule has 110 valence electrons. The first-order chi connectivity index (χ1) is 10.1. The number of rotatable bonds is 5. The Morgan fingerprint density at radius 3 is 2.76 bits per heavy atom. The second-order valence-corrected chi connectivity index (χ2v) is 6.23. The minimum atomic E-state index is -0.387. The Hall–Kier alpha value is -1.89. The van der Waals surface area contributed by atoms with E-state index in [1.54, 1.807) is 6.92 Å². The largest absolute Gasteiger partial charge is 0.416 e. The summed E-state index contributed by atoms with van der Waals surface area (Å²) in [5.41, 5.74) is 0.554. The van der Waals surface area contributed by atoms with E-state index >= 15 is 0 Å². The average molecular weight is 307 g/mol. The summed E-state index contributed by atoms with van der Waals surface area (Å²) in [6.07, 6.45) is 2.18. The molecule has 1 aromatic carbocycles. The SMILES string of the molecule is C[C@H](Sc1nnc(C2CC2)o1)C(=O)Nc1ccc(F)cc1. The first kappa shape index (κ1) is 14.1. The van der Waals surface area contributed by atoms with Gasteiger partial charge >= 0.3 is 0 Å². The smallest absolute Gasteiger partial charge is 0.277 e. The van der Waals surface area contributed by atoms with Gasteiger partial charge in [-0.2, -0.15) is 0 Å². The van der Waals surface area contributed by atoms with Gasteiger partial charge < -0.3 is 9.73 Å². The maximum atomic E-state index is 12.8. The monoisotopic (exact) mass is 307 g/mol. The van der Waals surface area contributed by atoms with Gasteiger partial charge in [-0.3, -0.25) is 4.79 Å². The van der Waals surface area contributed by atoms with Gasteiger partial charge in [-0.15, -0.1) is 10.2 Å². The van der Waals surface area contributed by atoms with E-state index in [0.29, 0.717) is 22.7 Å². The highest BCUT2D eigenvalue weighted by atomic mass is 32.2. The topological polar surface area (TPSA) is 68.0 Å². The Labute approximate surface area is 125 Å². The second-order valence-electron chi connectivity index (χ2n) is 4.94. The first-order valence-electron chi connectivity index (χ1n) is 6.68. The zero-order valence-corrected chi connectivity index (χ0v) is 12.2. The van der Waals surface area contributed by atoms with Crippen LogP contribution in [-0.2, 0) is 4.79 Å². The third-order valence-corrected chi connectivity index (χ3v) is 4.04. The van der Waals surface area contributed by atoms with Crippen molar-refractivity contribution in [2.24, 2.45) is 0 Å². The number of carbonyl (C=O) groups excluding carboxylic acids is 1. The Bertz CT molecular complexity index is 640. The zero-order chi connectivity index (χ0) is 14.8. The number of nitrogens with one attached hydrogen (secondary N) is 1. The number of carbonyl (C=O) groups is 1. The van der Waals surface area contributed by atoms with Gasteiger partial charge in [0.15, 0.2) is 0 Å². The van der Waals surface area contributed by atoms with Gasteiger partial charge in [-0.1, -0.05) is 11.8 Å². The summed E-state index contributed by atoms with van der Waals surface area (Å²) in [4.78, 5) is 12.0. The van der Waals surface area contributed by atoms with E-state index in [-0.39, 0.29) is 17.0 Å². The summed E-state index contributed by atoms with van der Waals surface area (Å²) in [6.45, 7) is 1.75. The molecule has 0 spiro atoms. The summed E-state index contributed by atoms with van der Waals surface area (Å²) in [5.74, 6) is 0.519. The summed E-state index contributed by atoms with van der Waals surface area (Å²) < 4.78 is 18.3. The minimum absolute atomic E-state index is 0.196. The van der Waals surface area contributed by atoms with Crippen LogP contribution in [0, 0.1) is 5.82 Å². The second kappa shape index (κ2) is 5.85. The number of benzene rings is 1. The summed E-state index contributed by atoms with van der Waals surface area (Å²) in [6, 6.07) is 5.63. The van der Waals surface area contributed by atoms with E-state index in [9.17, 15) is 9.18 Å². The van der Waals surface area contributed by atoms with Gasteiger partial charge in [0.1, 0.15) is 5.82 Å². The molecule has 0 bridgehead atoms. The standard InChI is InChI=1S/C14H14FN3O2S/c1-8(12(19)16-11-6-4-10(15)5-7-11)21-14-18-17-13(20-14)9-2-3-9/h4-9H,2-3H2,1H3,(H,16,19)/t8-/m0/s1. The fraction of sp³-hybridized carbons (Fsp3) is 0.357. The Morgan fingerprint density at radius 1 is 1.38 bits per heavy atom. The fourth-order valence-electron chi connectivity index (χ4n) is 1.75. The molecule has 0 saturated heterocycles. The van der Waals surface area contributed by atoms with E-state index in [1.165, 1.54) is 36.0 Å². The number of halogens is 1. The van der Waals surface area contributed by atoms with Crippen LogP contribution in [0.1, 0.15) is 31.6 Å². The lowest BCUT2D eigenvalue weighted by molar-refractivity contribution is -0.115. The fourth-order valence-corrected chi connectivity index (χ4v) is 2.44. The van der Waals surface area contributed by atoms with Crippen molar-refractivity contribution in [3.05, 3.63) is 36.0 Å². The van der Waals surface area contributed by atoms with Crippen molar-refractivity contribution in [1.82, 2.24) is 10.2 Å². The molecule has 1 amide bonds. The Balaban J connectivity index is 1.57. The van der Waals surface area contributed by atoms with Crippen LogP contribution in [0.2, 0.25) is 0 Å². The molecule has 0 unspecified atom stereocenters. The molecule has 1 aliphatic carbocycles. The van der Waals surface area contributed by atoms with Crippen molar-refractivity contribution < 1.29 is 13.6 Å². The number of thioether (sulfide) groups is 1. The van der Waals surface area contributed by atoms with Crippen molar-refractivity contribution in [2.45, 2.75) is 36.2 Å². The van der Waals surface area contributed by atoms with Gasteiger partial charge in [0.2, 0.25) is 11.8 Å². The molecule has 1 atom stereocenters. The minimum Gasteiger partial charge on any atom is -0.416 e. The molecule has 0 radical (unpaired) electrons. The van der Waals surface area contributed by atoms with Crippen LogP contribution in [0.5, 0.6) is 0 Å². The van der Waals surface area contributed by atoms with Gasteiger partial charge in [-0.25, -0.2) is 4.39 Å². The Morgan fingerprint density at radius 2 is 2.10 bits per heavy atom. The van der Waals surface area contributed by atoms with Crippen molar-refractivity contribution in [2.75, 3.05) is 5.32 Å². The van der Waals surface area contributed by atoms with E-state index in [1.807, 2.05) is 0 Å². The molecule has 1 N–H and O–H groups in total. The molecular weight excluding hydrogens is 293 g/mol. The van der Waals surface area contributed by atoms with Crippen LogP contribution in [0.3, 0.4) is 0 Å². The molecular formula is C14H14FN3O2S. The number of aromatic nitrogens is 2. The highest BCUT2D eigenvalue weighted by Gasteiger charge is 2.30. The summed E-state index contributed by atoms with van der Waals surface area (Å²) >= 11 is 1.21. The molecule has 1 heterocycles. The molecule has 1 saturated carbocycles. The van der Waals surface area contributed by atoms with Crippen molar-refractivity contribution in [3.8, 4) is 0 Å². The summed E-state index contributed by atoms with van der Waals surface area (Å²) in [7, 11) is 0. The van der Waals surface area contributed by atoms with E-state index in [2.05, 4.69) is 15.5 Å². The third kappa shape index (κ3) is 3.60. The highest BCUT2D eigenvalue weighted by molar-refractivity contribution is 8.00. The number of amides is 1. The van der Waals surface area contributed by atoms with Gasteiger partial charge in [0, 0.05) is 11.6 Å². The van der Waals surface area contributed by atoms with E-state index < -0.39 is 0 Å². The van der Waals surface area contributed by atoms with Crippen LogP contribution < -0.4 is 5.32 Å². The highest BCUT2D eigenvalue weighted by Crippen LogP contribution is 2.40.